The molecular weight excluding hydrogens is 255 g/mol. The number of rotatable bonds is 6. The maximum Gasteiger partial charge on any atom is 0.759 e. The van der Waals surface area contributed by atoms with Gasteiger partial charge in [-0.1, -0.05) is 38.5 Å². The minimum absolute atomic E-state index is 0.0518. The summed E-state index contributed by atoms with van der Waals surface area (Å²) in [5, 5.41) is 0. The molecule has 104 valence electrons. The first kappa shape index (κ1) is 14.4. The molecule has 0 aromatic carbocycles. The molecule has 0 aromatic heterocycles. The summed E-state index contributed by atoms with van der Waals surface area (Å²) in [5.74, 6) is 0. The van der Waals surface area contributed by atoms with Crippen LogP contribution in [0.5, 0.6) is 0 Å². The van der Waals surface area contributed by atoms with Crippen LogP contribution in [0.25, 0.3) is 0 Å². The highest BCUT2D eigenvalue weighted by Crippen LogP contribution is 2.31. The SMILES string of the molecule is O=[P+](OOC1CCCCC1)OOC1CCCCC1. The molecule has 2 fully saturated rings. The van der Waals surface area contributed by atoms with Crippen molar-refractivity contribution >= 4 is 8.25 Å². The summed E-state index contributed by atoms with van der Waals surface area (Å²) in [6, 6.07) is 0. The lowest BCUT2D eigenvalue weighted by molar-refractivity contribution is -0.297. The summed E-state index contributed by atoms with van der Waals surface area (Å²) in [6.45, 7) is 0. The van der Waals surface area contributed by atoms with E-state index in [1.807, 2.05) is 0 Å². The normalized spacial score (nSPS) is 23.1. The first-order chi connectivity index (χ1) is 8.84. The molecule has 0 atom stereocenters. The van der Waals surface area contributed by atoms with Crippen LogP contribution in [-0.2, 0) is 23.7 Å². The van der Waals surface area contributed by atoms with Gasteiger partial charge in [-0.05, 0) is 25.7 Å². The molecule has 0 saturated heterocycles. The molecule has 2 saturated carbocycles. The van der Waals surface area contributed by atoms with E-state index >= 15 is 0 Å². The largest absolute Gasteiger partial charge is 0.759 e. The van der Waals surface area contributed by atoms with E-state index in [0.717, 1.165) is 51.4 Å². The zero-order valence-corrected chi connectivity index (χ0v) is 11.6. The summed E-state index contributed by atoms with van der Waals surface area (Å²) >= 11 is 0. The van der Waals surface area contributed by atoms with E-state index in [0.29, 0.717) is 0 Å². The van der Waals surface area contributed by atoms with Gasteiger partial charge in [0.05, 0.1) is 21.6 Å². The van der Waals surface area contributed by atoms with Crippen molar-refractivity contribution < 1.29 is 23.7 Å². The van der Waals surface area contributed by atoms with Crippen molar-refractivity contribution in [2.24, 2.45) is 0 Å². The maximum absolute atomic E-state index is 11.4. The van der Waals surface area contributed by atoms with Crippen LogP contribution in [0.4, 0.5) is 0 Å². The standard InChI is InChI=1S/C12H22O5P/c13-18(16-14-11-7-3-1-4-8-11)17-15-12-9-5-2-6-10-12/h11-12H,1-10H2/q+1. The highest BCUT2D eigenvalue weighted by molar-refractivity contribution is 7.32. The van der Waals surface area contributed by atoms with Crippen molar-refractivity contribution in [3.8, 4) is 0 Å². The van der Waals surface area contributed by atoms with Crippen molar-refractivity contribution in [3.63, 3.8) is 0 Å². The summed E-state index contributed by atoms with van der Waals surface area (Å²) in [6.07, 6.45) is 11.0. The van der Waals surface area contributed by atoms with E-state index in [1.54, 1.807) is 0 Å². The van der Waals surface area contributed by atoms with Crippen LogP contribution in [0.15, 0.2) is 0 Å². The van der Waals surface area contributed by atoms with E-state index in [2.05, 4.69) is 0 Å². The van der Waals surface area contributed by atoms with Crippen molar-refractivity contribution in [3.05, 3.63) is 0 Å². The first-order valence-corrected chi connectivity index (χ1v) is 8.08. The first-order valence-electron chi connectivity index (χ1n) is 6.99. The zero-order chi connectivity index (χ0) is 12.6. The smallest absolute Gasteiger partial charge is 0.184 e. The second-order valence-electron chi connectivity index (χ2n) is 5.09. The van der Waals surface area contributed by atoms with Gasteiger partial charge in [0.1, 0.15) is 0 Å². The minimum atomic E-state index is -2.32. The molecule has 5 nitrogen and oxygen atoms in total. The minimum Gasteiger partial charge on any atom is -0.184 e. The third kappa shape index (κ3) is 5.29. The monoisotopic (exact) mass is 277 g/mol. The Balaban J connectivity index is 1.54. The Labute approximate surface area is 109 Å². The van der Waals surface area contributed by atoms with Crippen molar-refractivity contribution in [2.75, 3.05) is 0 Å². The lowest BCUT2D eigenvalue weighted by atomic mass is 9.98. The molecule has 18 heavy (non-hydrogen) atoms. The fourth-order valence-corrected chi connectivity index (χ4v) is 2.94. The highest BCUT2D eigenvalue weighted by Gasteiger charge is 2.30. The second-order valence-corrected chi connectivity index (χ2v) is 5.83. The molecule has 0 N–H and O–H groups in total. The highest BCUT2D eigenvalue weighted by atomic mass is 31.1. The van der Waals surface area contributed by atoms with Gasteiger partial charge in [-0.3, -0.25) is 0 Å². The Morgan fingerprint density at radius 2 is 1.06 bits per heavy atom. The molecule has 0 aromatic rings. The molecule has 0 spiro atoms. The lowest BCUT2D eigenvalue weighted by Gasteiger charge is -2.18. The van der Waals surface area contributed by atoms with E-state index in [-0.39, 0.29) is 12.2 Å². The van der Waals surface area contributed by atoms with E-state index in [4.69, 9.17) is 19.1 Å². The molecular formula is C12H22O5P+. The van der Waals surface area contributed by atoms with E-state index < -0.39 is 8.25 Å². The Morgan fingerprint density at radius 1 is 0.667 bits per heavy atom. The molecule has 0 bridgehead atoms. The third-order valence-electron chi connectivity index (χ3n) is 3.58. The predicted molar refractivity (Wildman–Crippen MR) is 65.7 cm³/mol. The van der Waals surface area contributed by atoms with Crippen LogP contribution < -0.4 is 0 Å². The molecule has 0 unspecified atom stereocenters. The summed E-state index contributed by atoms with van der Waals surface area (Å²) < 4.78 is 20.9. The number of hydrogen-bond donors (Lipinski definition) is 0. The molecule has 2 aliphatic rings. The van der Waals surface area contributed by atoms with Crippen molar-refractivity contribution in [2.45, 2.75) is 76.4 Å². The topological polar surface area (TPSA) is 54.0 Å². The van der Waals surface area contributed by atoms with Gasteiger partial charge in [-0.15, -0.1) is 0 Å². The average Bonchev–Trinajstić information content (AvgIpc) is 2.45. The average molecular weight is 277 g/mol. The zero-order valence-electron chi connectivity index (χ0n) is 10.7. The van der Waals surface area contributed by atoms with Gasteiger partial charge in [0.25, 0.3) is 0 Å². The van der Waals surface area contributed by atoms with Gasteiger partial charge in [-0.25, -0.2) is 0 Å². The molecule has 6 heteroatoms. The fourth-order valence-electron chi connectivity index (χ4n) is 2.53. The van der Waals surface area contributed by atoms with Crippen LogP contribution in [0.2, 0.25) is 0 Å². The molecule has 2 aliphatic carbocycles. The third-order valence-corrected chi connectivity index (χ3v) is 4.00. The Kier molecular flexibility index (Phi) is 6.52. The Hall–Kier alpha value is -0.0600. The summed E-state index contributed by atoms with van der Waals surface area (Å²) in [4.78, 5) is 10.2. The van der Waals surface area contributed by atoms with E-state index in [9.17, 15) is 4.57 Å². The van der Waals surface area contributed by atoms with Gasteiger partial charge in [0.2, 0.25) is 0 Å². The van der Waals surface area contributed by atoms with Crippen molar-refractivity contribution in [1.82, 2.24) is 0 Å². The van der Waals surface area contributed by atoms with Crippen LogP contribution in [0, 0.1) is 0 Å². The lowest BCUT2D eigenvalue weighted by Crippen LogP contribution is -2.17. The van der Waals surface area contributed by atoms with Gasteiger partial charge < -0.3 is 0 Å². The quantitative estimate of drug-likeness (QED) is 0.413. The van der Waals surface area contributed by atoms with Crippen LogP contribution in [0.3, 0.4) is 0 Å². The Bertz CT molecular complexity index is 225. The predicted octanol–water partition coefficient (Wildman–Crippen LogP) is 4.21. The summed E-state index contributed by atoms with van der Waals surface area (Å²) in [7, 11) is -2.32. The molecule has 0 radical (unpaired) electrons. The molecule has 0 amide bonds. The molecule has 0 heterocycles. The van der Waals surface area contributed by atoms with Gasteiger partial charge >= 0.3 is 8.25 Å². The second kappa shape index (κ2) is 8.18. The van der Waals surface area contributed by atoms with Gasteiger partial charge in [0.15, 0.2) is 0 Å². The van der Waals surface area contributed by atoms with Crippen molar-refractivity contribution in [1.29, 1.82) is 0 Å². The van der Waals surface area contributed by atoms with Crippen LogP contribution in [-0.4, -0.2) is 12.2 Å². The molecule has 0 aliphatic heterocycles. The van der Waals surface area contributed by atoms with Gasteiger partial charge in [-0.2, -0.15) is 9.78 Å². The fraction of sp³-hybridized carbons (Fsp3) is 1.00. The molecule has 2 rings (SSSR count). The maximum atomic E-state index is 11.4. The summed E-state index contributed by atoms with van der Waals surface area (Å²) in [5.41, 5.74) is 0. The Morgan fingerprint density at radius 3 is 1.44 bits per heavy atom. The number of hydrogen-bond acceptors (Lipinski definition) is 5. The van der Waals surface area contributed by atoms with Crippen LogP contribution in [0.1, 0.15) is 64.2 Å². The van der Waals surface area contributed by atoms with E-state index in [1.165, 1.54) is 12.8 Å². The van der Waals surface area contributed by atoms with Crippen LogP contribution >= 0.6 is 8.25 Å². The van der Waals surface area contributed by atoms with Gasteiger partial charge in [0, 0.05) is 4.57 Å².